The third kappa shape index (κ3) is 3.68. The van der Waals surface area contributed by atoms with Crippen LogP contribution in [0, 0.1) is 5.92 Å². The second kappa shape index (κ2) is 6.36. The Morgan fingerprint density at radius 1 is 1.35 bits per heavy atom. The zero-order valence-electron chi connectivity index (χ0n) is 10.3. The Morgan fingerprint density at radius 2 is 2.18 bits per heavy atom. The summed E-state index contributed by atoms with van der Waals surface area (Å²) < 4.78 is 1.20. The van der Waals surface area contributed by atoms with Gasteiger partial charge in [-0.25, -0.2) is 0 Å². The van der Waals surface area contributed by atoms with Crippen molar-refractivity contribution in [3.05, 3.63) is 46.5 Å². The molecule has 1 aromatic rings. The van der Waals surface area contributed by atoms with Gasteiger partial charge in [0.2, 0.25) is 0 Å². The maximum atomic E-state index is 3.65. The molecule has 0 heterocycles. The molecule has 92 valence electrons. The fourth-order valence-corrected chi connectivity index (χ4v) is 2.95. The number of nitrogens with one attached hydrogen (secondary N) is 1. The molecule has 0 spiro atoms. The van der Waals surface area contributed by atoms with Gasteiger partial charge in [0.1, 0.15) is 0 Å². The van der Waals surface area contributed by atoms with Crippen molar-refractivity contribution in [2.75, 3.05) is 6.54 Å². The maximum Gasteiger partial charge on any atom is 0.0303 e. The van der Waals surface area contributed by atoms with Crippen molar-refractivity contribution in [1.29, 1.82) is 0 Å². The number of hydrogen-bond acceptors (Lipinski definition) is 1. The summed E-state index contributed by atoms with van der Waals surface area (Å²) in [7, 11) is 0. The van der Waals surface area contributed by atoms with Crippen molar-refractivity contribution in [2.45, 2.75) is 32.2 Å². The average Bonchev–Trinajstić information content (AvgIpc) is 2.38. The number of rotatable bonds is 4. The van der Waals surface area contributed by atoms with Crippen LogP contribution in [-0.2, 0) is 0 Å². The van der Waals surface area contributed by atoms with Crippen molar-refractivity contribution < 1.29 is 0 Å². The predicted molar refractivity (Wildman–Crippen MR) is 77.0 cm³/mol. The highest BCUT2D eigenvalue weighted by Gasteiger charge is 2.13. The van der Waals surface area contributed by atoms with Gasteiger partial charge < -0.3 is 5.32 Å². The van der Waals surface area contributed by atoms with Crippen molar-refractivity contribution in [3.8, 4) is 0 Å². The molecule has 2 unspecified atom stereocenters. The third-order valence-electron chi connectivity index (χ3n) is 3.46. The van der Waals surface area contributed by atoms with Crippen molar-refractivity contribution in [2.24, 2.45) is 5.92 Å². The minimum absolute atomic E-state index is 0.413. The van der Waals surface area contributed by atoms with Crippen molar-refractivity contribution in [3.63, 3.8) is 0 Å². The van der Waals surface area contributed by atoms with Crippen LogP contribution in [-0.4, -0.2) is 6.54 Å². The number of benzene rings is 1. The van der Waals surface area contributed by atoms with Gasteiger partial charge in [-0.05, 0) is 50.3 Å². The van der Waals surface area contributed by atoms with Crippen LogP contribution in [0.3, 0.4) is 0 Å². The molecule has 1 nitrogen and oxygen atoms in total. The molecular weight excluding hydrogens is 274 g/mol. The minimum Gasteiger partial charge on any atom is -0.310 e. The Kier molecular flexibility index (Phi) is 4.81. The molecule has 0 fully saturated rings. The van der Waals surface area contributed by atoms with E-state index in [0.717, 1.165) is 12.5 Å². The summed E-state index contributed by atoms with van der Waals surface area (Å²) in [5, 5.41) is 3.65. The Morgan fingerprint density at radius 3 is 2.88 bits per heavy atom. The summed E-state index contributed by atoms with van der Waals surface area (Å²) in [4.78, 5) is 0. The molecule has 2 heteroatoms. The summed E-state index contributed by atoms with van der Waals surface area (Å²) in [5.74, 6) is 0.810. The van der Waals surface area contributed by atoms with Crippen molar-refractivity contribution >= 4 is 15.9 Å². The second-order valence-corrected chi connectivity index (χ2v) is 5.66. The quantitative estimate of drug-likeness (QED) is 0.809. The van der Waals surface area contributed by atoms with E-state index >= 15 is 0 Å². The van der Waals surface area contributed by atoms with Gasteiger partial charge in [-0.3, -0.25) is 0 Å². The lowest BCUT2D eigenvalue weighted by Crippen LogP contribution is -2.26. The lowest BCUT2D eigenvalue weighted by atomic mass is 9.94. The van der Waals surface area contributed by atoms with E-state index in [1.807, 2.05) is 0 Å². The van der Waals surface area contributed by atoms with Gasteiger partial charge in [-0.2, -0.15) is 0 Å². The molecule has 0 saturated carbocycles. The Bertz CT molecular complexity index is 386. The molecule has 1 aliphatic carbocycles. The molecule has 1 N–H and O–H groups in total. The van der Waals surface area contributed by atoms with Crippen LogP contribution in [0.15, 0.2) is 40.9 Å². The van der Waals surface area contributed by atoms with E-state index in [2.05, 4.69) is 64.6 Å². The number of halogens is 1. The number of allylic oxidation sites excluding steroid dienone is 2. The Balaban J connectivity index is 1.87. The summed E-state index contributed by atoms with van der Waals surface area (Å²) >= 11 is 3.61. The molecule has 0 amide bonds. The van der Waals surface area contributed by atoms with Crippen LogP contribution < -0.4 is 5.32 Å². The van der Waals surface area contributed by atoms with Gasteiger partial charge >= 0.3 is 0 Å². The zero-order valence-corrected chi connectivity index (χ0v) is 11.9. The summed E-state index contributed by atoms with van der Waals surface area (Å²) in [6.07, 6.45) is 8.42. The lowest BCUT2D eigenvalue weighted by molar-refractivity contribution is 0.415. The van der Waals surface area contributed by atoms with E-state index in [1.165, 1.54) is 29.3 Å². The summed E-state index contributed by atoms with van der Waals surface area (Å²) in [6, 6.07) is 8.87. The van der Waals surface area contributed by atoms with E-state index in [-0.39, 0.29) is 0 Å². The van der Waals surface area contributed by atoms with Crippen LogP contribution in [0.1, 0.15) is 37.8 Å². The van der Waals surface area contributed by atoms with E-state index in [4.69, 9.17) is 0 Å². The van der Waals surface area contributed by atoms with E-state index in [9.17, 15) is 0 Å². The van der Waals surface area contributed by atoms with Crippen LogP contribution in [0.4, 0.5) is 0 Å². The molecule has 17 heavy (non-hydrogen) atoms. The van der Waals surface area contributed by atoms with Crippen LogP contribution in [0.5, 0.6) is 0 Å². The Labute approximate surface area is 112 Å². The molecule has 0 aromatic heterocycles. The average molecular weight is 294 g/mol. The van der Waals surface area contributed by atoms with Gasteiger partial charge in [-0.15, -0.1) is 0 Å². The molecule has 0 bridgehead atoms. The molecular formula is C15H20BrN. The SMILES string of the molecule is CC(NCC1CC=CCC1)c1ccccc1Br. The fourth-order valence-electron chi connectivity index (χ4n) is 2.32. The second-order valence-electron chi connectivity index (χ2n) is 4.80. The smallest absolute Gasteiger partial charge is 0.0303 e. The first kappa shape index (κ1) is 12.8. The predicted octanol–water partition coefficient (Wildman–Crippen LogP) is 4.46. The van der Waals surface area contributed by atoms with Crippen LogP contribution >= 0.6 is 15.9 Å². The van der Waals surface area contributed by atoms with Crippen LogP contribution in [0.2, 0.25) is 0 Å². The normalized spacial score (nSPS) is 21.4. The van der Waals surface area contributed by atoms with Gasteiger partial charge in [0.15, 0.2) is 0 Å². The third-order valence-corrected chi connectivity index (χ3v) is 4.18. The first-order valence-electron chi connectivity index (χ1n) is 6.40. The molecule has 0 aliphatic heterocycles. The minimum atomic E-state index is 0.413. The molecule has 0 radical (unpaired) electrons. The largest absolute Gasteiger partial charge is 0.310 e. The first-order valence-corrected chi connectivity index (χ1v) is 7.19. The van der Waals surface area contributed by atoms with Gasteiger partial charge in [0, 0.05) is 10.5 Å². The maximum absolute atomic E-state index is 3.65. The molecule has 0 saturated heterocycles. The van der Waals surface area contributed by atoms with Gasteiger partial charge in [-0.1, -0.05) is 46.3 Å². The van der Waals surface area contributed by atoms with Gasteiger partial charge in [0.05, 0.1) is 0 Å². The first-order chi connectivity index (χ1) is 8.27. The summed E-state index contributed by atoms with van der Waals surface area (Å²) in [6.45, 7) is 3.35. The molecule has 2 atom stereocenters. The van der Waals surface area contributed by atoms with Gasteiger partial charge in [0.25, 0.3) is 0 Å². The highest BCUT2D eigenvalue weighted by molar-refractivity contribution is 9.10. The standard InChI is InChI=1S/C15H20BrN/c1-12(14-9-5-6-10-15(14)16)17-11-13-7-3-2-4-8-13/h2-3,5-6,9-10,12-13,17H,4,7-8,11H2,1H3. The van der Waals surface area contributed by atoms with E-state index < -0.39 is 0 Å². The lowest BCUT2D eigenvalue weighted by Gasteiger charge is -2.22. The highest BCUT2D eigenvalue weighted by atomic mass is 79.9. The van der Waals surface area contributed by atoms with E-state index in [1.54, 1.807) is 0 Å². The summed E-state index contributed by atoms with van der Waals surface area (Å²) in [5.41, 5.74) is 1.35. The highest BCUT2D eigenvalue weighted by Crippen LogP contribution is 2.24. The Hall–Kier alpha value is -0.600. The topological polar surface area (TPSA) is 12.0 Å². The number of hydrogen-bond donors (Lipinski definition) is 1. The van der Waals surface area contributed by atoms with Crippen LogP contribution in [0.25, 0.3) is 0 Å². The monoisotopic (exact) mass is 293 g/mol. The zero-order chi connectivity index (χ0) is 12.1. The fraction of sp³-hybridized carbons (Fsp3) is 0.467. The van der Waals surface area contributed by atoms with Crippen molar-refractivity contribution in [1.82, 2.24) is 5.32 Å². The molecule has 1 aromatic carbocycles. The molecule has 1 aliphatic rings. The van der Waals surface area contributed by atoms with E-state index in [0.29, 0.717) is 6.04 Å². The molecule has 2 rings (SSSR count).